The van der Waals surface area contributed by atoms with Crippen LogP contribution in [0.15, 0.2) is 54.7 Å². The average Bonchev–Trinajstić information content (AvgIpc) is 3.35. The molecular weight excluding hydrogens is 776 g/mol. The molecule has 306 valence electrons. The minimum absolute atomic E-state index is 0.0235. The molecule has 4 amide bonds. The summed E-state index contributed by atoms with van der Waals surface area (Å²) in [5.74, 6) is -0.703. The number of ether oxygens (including phenoxy) is 1. The van der Waals surface area contributed by atoms with E-state index in [1.165, 1.54) is 6.07 Å². The number of nitriles is 1. The van der Waals surface area contributed by atoms with E-state index in [0.717, 1.165) is 35.8 Å². The van der Waals surface area contributed by atoms with Gasteiger partial charge in [0.1, 0.15) is 30.0 Å². The zero-order valence-electron chi connectivity index (χ0n) is 32.5. The number of nitrogens with zero attached hydrogens (tertiary/aromatic N) is 6. The molecule has 0 saturated carbocycles. The van der Waals surface area contributed by atoms with Crippen molar-refractivity contribution >= 4 is 63.7 Å². The van der Waals surface area contributed by atoms with Crippen LogP contribution in [0.2, 0.25) is 0 Å². The van der Waals surface area contributed by atoms with E-state index >= 15 is 0 Å². The first-order chi connectivity index (χ1) is 27.5. The Morgan fingerprint density at radius 1 is 1.10 bits per heavy atom. The lowest BCUT2D eigenvalue weighted by Crippen LogP contribution is -2.54. The number of anilines is 4. The molecule has 4 heterocycles. The van der Waals surface area contributed by atoms with Crippen LogP contribution in [0.4, 0.5) is 35.9 Å². The first-order valence-electron chi connectivity index (χ1n) is 18.9. The van der Waals surface area contributed by atoms with Crippen LogP contribution >= 0.6 is 12.2 Å². The second kappa shape index (κ2) is 17.1. The van der Waals surface area contributed by atoms with Gasteiger partial charge in [0, 0.05) is 55.7 Å². The summed E-state index contributed by atoms with van der Waals surface area (Å²) in [6, 6.07) is 14.3. The second-order valence-electron chi connectivity index (χ2n) is 14.9. The summed E-state index contributed by atoms with van der Waals surface area (Å²) in [6.07, 6.45) is -2.57. The maximum absolute atomic E-state index is 13.7. The molecule has 3 N–H and O–H groups in total. The van der Waals surface area contributed by atoms with E-state index < -0.39 is 34.9 Å². The monoisotopic (exact) mass is 819 g/mol. The predicted molar refractivity (Wildman–Crippen MR) is 214 cm³/mol. The van der Waals surface area contributed by atoms with E-state index in [1.807, 2.05) is 13.0 Å². The Morgan fingerprint density at radius 2 is 1.86 bits per heavy atom. The molecule has 14 nitrogen and oxygen atoms in total. The fraction of sp³-hybridized carbons (Fsp3) is 0.425. The van der Waals surface area contributed by atoms with Crippen LogP contribution in [0.3, 0.4) is 0 Å². The molecule has 2 aromatic carbocycles. The Kier molecular flexibility index (Phi) is 12.4. The number of aryl methyl sites for hydroxylation is 1. The summed E-state index contributed by atoms with van der Waals surface area (Å²) >= 11 is 5.68. The van der Waals surface area contributed by atoms with Gasteiger partial charge in [0.2, 0.25) is 17.7 Å². The quantitative estimate of drug-likeness (QED) is 0.171. The number of hydrogen-bond donors (Lipinski definition) is 3. The van der Waals surface area contributed by atoms with E-state index in [1.54, 1.807) is 55.1 Å². The molecule has 3 fully saturated rings. The molecule has 6 rings (SSSR count). The molecule has 1 aromatic heterocycles. The second-order valence-corrected chi connectivity index (χ2v) is 15.3. The number of carbonyl (C=O) groups excluding carboxylic acids is 4. The molecule has 0 aliphatic carbocycles. The van der Waals surface area contributed by atoms with E-state index in [4.69, 9.17) is 17.0 Å². The molecule has 2 atom stereocenters. The Bertz CT molecular complexity index is 2160. The van der Waals surface area contributed by atoms with Crippen LogP contribution in [0.25, 0.3) is 0 Å². The van der Waals surface area contributed by atoms with Crippen LogP contribution in [-0.4, -0.2) is 100 Å². The van der Waals surface area contributed by atoms with Crippen molar-refractivity contribution in [3.63, 3.8) is 0 Å². The number of benzene rings is 2. The van der Waals surface area contributed by atoms with E-state index in [-0.39, 0.29) is 47.5 Å². The summed E-state index contributed by atoms with van der Waals surface area (Å²) in [5, 5.41) is 17.6. The maximum Gasteiger partial charge on any atom is 0.419 e. The van der Waals surface area contributed by atoms with Gasteiger partial charge in [-0.15, -0.1) is 0 Å². The number of thiocarbonyl (C=S) groups is 1. The molecule has 0 spiro atoms. The highest BCUT2D eigenvalue weighted by Gasteiger charge is 2.51. The first-order valence-corrected chi connectivity index (χ1v) is 19.3. The number of aromatic nitrogens is 1. The molecule has 3 aromatic rings. The highest BCUT2D eigenvalue weighted by atomic mass is 32.1. The third kappa shape index (κ3) is 9.06. The van der Waals surface area contributed by atoms with Crippen molar-refractivity contribution in [3.8, 4) is 11.8 Å². The van der Waals surface area contributed by atoms with Crippen LogP contribution in [0, 0.1) is 11.3 Å². The largest absolute Gasteiger partial charge is 0.492 e. The highest BCUT2D eigenvalue weighted by Crippen LogP contribution is 2.40. The van der Waals surface area contributed by atoms with Crippen molar-refractivity contribution in [1.29, 1.82) is 5.26 Å². The van der Waals surface area contributed by atoms with E-state index in [9.17, 15) is 37.6 Å². The number of piperazine rings is 1. The van der Waals surface area contributed by atoms with Crippen LogP contribution in [-0.2, 0) is 31.8 Å². The number of amides is 4. The Hall–Kier alpha value is -5.64. The van der Waals surface area contributed by atoms with Crippen LogP contribution in [0.1, 0.15) is 57.4 Å². The Balaban J connectivity index is 1.01. The average molecular weight is 820 g/mol. The van der Waals surface area contributed by atoms with Gasteiger partial charge in [-0.2, -0.15) is 18.4 Å². The summed E-state index contributed by atoms with van der Waals surface area (Å²) < 4.78 is 47.4. The van der Waals surface area contributed by atoms with E-state index in [0.29, 0.717) is 55.3 Å². The number of imide groups is 1. The van der Waals surface area contributed by atoms with Crippen molar-refractivity contribution in [3.05, 3.63) is 71.5 Å². The summed E-state index contributed by atoms with van der Waals surface area (Å²) in [4.78, 5) is 61.0. The fourth-order valence-corrected chi connectivity index (χ4v) is 7.88. The SMILES string of the molecule is CCc1cc(N2C(=S)N(c3cnc(C#N)c(C(F)(F)F)c3)C(=O)C2(C)C)ccc1OCCN1CCN(CC(=O)Nc2cccc(NC3CCC(=O)NC3=O)c2)[C@H](C)C1. The van der Waals surface area contributed by atoms with Gasteiger partial charge in [-0.25, -0.2) is 4.98 Å². The smallest absolute Gasteiger partial charge is 0.419 e. The molecule has 18 heteroatoms. The van der Waals surface area contributed by atoms with Gasteiger partial charge >= 0.3 is 6.18 Å². The van der Waals surface area contributed by atoms with Gasteiger partial charge in [-0.05, 0) is 93.9 Å². The van der Waals surface area contributed by atoms with Crippen LogP contribution < -0.4 is 30.5 Å². The number of piperidine rings is 1. The zero-order chi connectivity index (χ0) is 41.9. The molecule has 3 saturated heterocycles. The highest BCUT2D eigenvalue weighted by molar-refractivity contribution is 7.81. The topological polar surface area (TPSA) is 163 Å². The Labute approximate surface area is 339 Å². The van der Waals surface area contributed by atoms with Gasteiger partial charge in [-0.1, -0.05) is 13.0 Å². The normalized spacial score (nSPS) is 20.2. The fourth-order valence-electron chi connectivity index (χ4n) is 7.36. The van der Waals surface area contributed by atoms with Gasteiger partial charge in [0.15, 0.2) is 10.8 Å². The van der Waals surface area contributed by atoms with Crippen molar-refractivity contribution in [2.45, 2.75) is 70.8 Å². The summed E-state index contributed by atoms with van der Waals surface area (Å²) in [7, 11) is 0. The van der Waals surface area contributed by atoms with Crippen molar-refractivity contribution < 1.29 is 37.1 Å². The lowest BCUT2D eigenvalue weighted by molar-refractivity contribution is -0.138. The number of nitrogens with one attached hydrogen (secondary N) is 3. The zero-order valence-corrected chi connectivity index (χ0v) is 33.3. The minimum Gasteiger partial charge on any atom is -0.492 e. The van der Waals surface area contributed by atoms with Gasteiger partial charge < -0.3 is 20.3 Å². The molecule has 0 bridgehead atoms. The van der Waals surface area contributed by atoms with Crippen molar-refractivity contribution in [1.82, 2.24) is 20.1 Å². The number of alkyl halides is 3. The number of rotatable bonds is 12. The van der Waals surface area contributed by atoms with Gasteiger partial charge in [0.25, 0.3) is 5.91 Å². The van der Waals surface area contributed by atoms with Gasteiger partial charge in [-0.3, -0.25) is 39.2 Å². The Morgan fingerprint density at radius 3 is 2.55 bits per heavy atom. The molecule has 58 heavy (non-hydrogen) atoms. The van der Waals surface area contributed by atoms with Gasteiger partial charge in [0.05, 0.1) is 24.0 Å². The molecule has 3 aliphatic rings. The number of pyridine rings is 1. The standard InChI is InChI=1S/C40H44F3N9O5S/c1-5-25-17-28(52-38(58)51(37(56)39(52,3)4)29-19-30(40(41,42)43)32(20-44)45-21-29)9-11-33(25)57-16-15-49-13-14-50(24(2)22-49)23-35(54)47-27-8-6-7-26(18-27)46-31-10-12-34(53)48-36(31)55/h6-9,11,17-19,21,24,31,46H,5,10,12-16,22-23H2,1-4H3,(H,47,54)(H,48,53,55)/t24-,31?/m1/s1. The third-order valence-corrected chi connectivity index (χ3v) is 10.8. The minimum atomic E-state index is -4.86. The third-order valence-electron chi connectivity index (χ3n) is 10.5. The number of hydrogen-bond acceptors (Lipinski definition) is 11. The number of halogens is 3. The van der Waals surface area contributed by atoms with Crippen molar-refractivity contribution in [2.75, 3.05) is 59.8 Å². The molecular formula is C40H44F3N9O5S. The lowest BCUT2D eigenvalue weighted by Gasteiger charge is -2.39. The van der Waals surface area contributed by atoms with Crippen LogP contribution in [0.5, 0.6) is 5.75 Å². The summed E-state index contributed by atoms with van der Waals surface area (Å²) in [6.45, 7) is 10.7. The predicted octanol–water partition coefficient (Wildman–Crippen LogP) is 4.69. The number of carbonyl (C=O) groups is 4. The van der Waals surface area contributed by atoms with Crippen molar-refractivity contribution in [2.24, 2.45) is 0 Å². The lowest BCUT2D eigenvalue weighted by atomic mass is 10.0. The molecule has 1 unspecified atom stereocenters. The van der Waals surface area contributed by atoms with E-state index in [2.05, 4.69) is 37.7 Å². The molecule has 3 aliphatic heterocycles. The molecule has 0 radical (unpaired) electrons. The summed E-state index contributed by atoms with van der Waals surface area (Å²) in [5.41, 5.74) is -0.816. The first kappa shape index (κ1) is 42.0. The maximum atomic E-state index is 13.7.